The van der Waals surface area contributed by atoms with E-state index in [1.54, 1.807) is 37.4 Å². The van der Waals surface area contributed by atoms with E-state index in [1.807, 2.05) is 43.3 Å². The van der Waals surface area contributed by atoms with Gasteiger partial charge >= 0.3 is 0 Å². The van der Waals surface area contributed by atoms with Gasteiger partial charge in [-0.1, -0.05) is 30.3 Å². The van der Waals surface area contributed by atoms with Crippen LogP contribution in [0.4, 0.5) is 0 Å². The van der Waals surface area contributed by atoms with Gasteiger partial charge in [-0.3, -0.25) is 9.59 Å². The van der Waals surface area contributed by atoms with E-state index < -0.39 is 0 Å². The van der Waals surface area contributed by atoms with Crippen LogP contribution in [0.25, 0.3) is 0 Å². The maximum Gasteiger partial charge on any atom is 0.251 e. The standard InChI is InChI=1S/C27H28BrN3O5/c1-3-35-24-16-20(15-23(28)26(24)36-18-19-7-5-4-6-8-19)17-30-31-25(32)13-14-29-27(33)21-9-11-22(34-2)12-10-21/h4-12,15-17H,3,13-14,18H2,1-2H3,(H,29,33)(H,31,32). The Labute approximate surface area is 218 Å². The zero-order valence-corrected chi connectivity index (χ0v) is 21.7. The molecule has 0 saturated heterocycles. The smallest absolute Gasteiger partial charge is 0.251 e. The minimum absolute atomic E-state index is 0.0827. The molecule has 0 saturated carbocycles. The van der Waals surface area contributed by atoms with Gasteiger partial charge in [0, 0.05) is 18.5 Å². The second-order valence-corrected chi connectivity index (χ2v) is 8.42. The van der Waals surface area contributed by atoms with Crippen molar-refractivity contribution in [2.45, 2.75) is 20.0 Å². The molecule has 0 aliphatic heterocycles. The topological polar surface area (TPSA) is 98.2 Å². The van der Waals surface area contributed by atoms with Crippen molar-refractivity contribution < 1.29 is 23.8 Å². The summed E-state index contributed by atoms with van der Waals surface area (Å²) in [5.74, 6) is 1.23. The fourth-order valence-corrected chi connectivity index (χ4v) is 3.74. The molecule has 188 valence electrons. The van der Waals surface area contributed by atoms with Crippen molar-refractivity contribution in [3.05, 3.63) is 87.9 Å². The van der Waals surface area contributed by atoms with Crippen molar-refractivity contribution in [2.24, 2.45) is 5.10 Å². The minimum Gasteiger partial charge on any atom is -0.497 e. The molecule has 0 radical (unpaired) electrons. The predicted octanol–water partition coefficient (Wildman–Crippen LogP) is 4.71. The fourth-order valence-electron chi connectivity index (χ4n) is 3.16. The molecule has 36 heavy (non-hydrogen) atoms. The summed E-state index contributed by atoms with van der Waals surface area (Å²) in [6.45, 7) is 2.94. The van der Waals surface area contributed by atoms with Gasteiger partial charge in [0.2, 0.25) is 5.91 Å². The first-order valence-electron chi connectivity index (χ1n) is 11.4. The quantitative estimate of drug-likeness (QED) is 0.250. The summed E-state index contributed by atoms with van der Waals surface area (Å²) in [6.07, 6.45) is 1.60. The zero-order valence-electron chi connectivity index (χ0n) is 20.1. The molecule has 0 aliphatic carbocycles. The highest BCUT2D eigenvalue weighted by atomic mass is 79.9. The first-order chi connectivity index (χ1) is 17.5. The second-order valence-electron chi connectivity index (χ2n) is 7.56. The summed E-state index contributed by atoms with van der Waals surface area (Å²) >= 11 is 3.54. The van der Waals surface area contributed by atoms with Crippen molar-refractivity contribution in [3.8, 4) is 17.2 Å². The molecule has 0 spiro atoms. The maximum absolute atomic E-state index is 12.2. The van der Waals surface area contributed by atoms with E-state index in [4.69, 9.17) is 14.2 Å². The molecule has 2 amide bonds. The summed E-state index contributed by atoms with van der Waals surface area (Å²) in [5, 5.41) is 6.72. The van der Waals surface area contributed by atoms with Crippen molar-refractivity contribution >= 4 is 34.0 Å². The second kappa shape index (κ2) is 13.9. The molecule has 0 atom stereocenters. The number of nitrogens with one attached hydrogen (secondary N) is 2. The number of carbonyl (C=O) groups is 2. The number of hydrogen-bond acceptors (Lipinski definition) is 6. The van der Waals surface area contributed by atoms with Crippen molar-refractivity contribution in [1.82, 2.24) is 10.7 Å². The van der Waals surface area contributed by atoms with E-state index in [0.717, 1.165) is 5.56 Å². The number of ether oxygens (including phenoxy) is 3. The van der Waals surface area contributed by atoms with Crippen LogP contribution in [0.5, 0.6) is 17.2 Å². The van der Waals surface area contributed by atoms with Crippen LogP contribution in [0.3, 0.4) is 0 Å². The fraction of sp³-hybridized carbons (Fsp3) is 0.222. The Morgan fingerprint density at radius 2 is 1.78 bits per heavy atom. The average Bonchev–Trinajstić information content (AvgIpc) is 2.89. The number of carbonyl (C=O) groups excluding carboxylic acids is 2. The first kappa shape index (κ1) is 26.7. The highest BCUT2D eigenvalue weighted by Gasteiger charge is 2.12. The third-order valence-electron chi connectivity index (χ3n) is 4.95. The lowest BCUT2D eigenvalue weighted by molar-refractivity contribution is -0.120. The normalized spacial score (nSPS) is 10.6. The first-order valence-corrected chi connectivity index (χ1v) is 12.2. The Kier molecular flexibility index (Phi) is 10.3. The maximum atomic E-state index is 12.2. The summed E-state index contributed by atoms with van der Waals surface area (Å²) in [4.78, 5) is 24.3. The molecule has 0 fully saturated rings. The van der Waals surface area contributed by atoms with Crippen LogP contribution in [-0.4, -0.2) is 38.3 Å². The lowest BCUT2D eigenvalue weighted by Crippen LogP contribution is -2.29. The largest absolute Gasteiger partial charge is 0.497 e. The number of rotatable bonds is 12. The number of methoxy groups -OCH3 is 1. The molecule has 0 aliphatic rings. The van der Waals surface area contributed by atoms with Gasteiger partial charge in [0.15, 0.2) is 11.5 Å². The van der Waals surface area contributed by atoms with Gasteiger partial charge in [-0.2, -0.15) is 5.10 Å². The number of hydrogen-bond donors (Lipinski definition) is 2. The Balaban J connectivity index is 1.51. The molecule has 0 unspecified atom stereocenters. The molecule has 3 aromatic carbocycles. The molecule has 0 bridgehead atoms. The highest BCUT2D eigenvalue weighted by Crippen LogP contribution is 2.37. The third kappa shape index (κ3) is 8.13. The Hall–Kier alpha value is -3.85. The van der Waals surface area contributed by atoms with Crippen LogP contribution in [-0.2, 0) is 11.4 Å². The third-order valence-corrected chi connectivity index (χ3v) is 5.54. The number of hydrazone groups is 1. The molecule has 0 aromatic heterocycles. The van der Waals surface area contributed by atoms with E-state index in [9.17, 15) is 9.59 Å². The number of benzene rings is 3. The molecule has 3 rings (SSSR count). The van der Waals surface area contributed by atoms with Gasteiger partial charge in [-0.15, -0.1) is 0 Å². The molecule has 3 aromatic rings. The van der Waals surface area contributed by atoms with Crippen LogP contribution in [0.15, 0.2) is 76.3 Å². The zero-order chi connectivity index (χ0) is 25.8. The molecular formula is C27H28BrN3O5. The summed E-state index contributed by atoms with van der Waals surface area (Å²) in [6, 6.07) is 20.2. The van der Waals surface area contributed by atoms with E-state index in [0.29, 0.717) is 46.1 Å². The van der Waals surface area contributed by atoms with Gasteiger partial charge in [0.05, 0.1) is 24.4 Å². The van der Waals surface area contributed by atoms with Gasteiger partial charge in [0.1, 0.15) is 12.4 Å². The van der Waals surface area contributed by atoms with Crippen molar-refractivity contribution in [1.29, 1.82) is 0 Å². The van der Waals surface area contributed by atoms with Crippen LogP contribution in [0, 0.1) is 0 Å². The van der Waals surface area contributed by atoms with Gasteiger partial charge < -0.3 is 19.5 Å². The summed E-state index contributed by atoms with van der Waals surface area (Å²) in [5.41, 5.74) is 4.71. The van der Waals surface area contributed by atoms with Crippen molar-refractivity contribution in [3.63, 3.8) is 0 Å². The lowest BCUT2D eigenvalue weighted by Gasteiger charge is -2.14. The summed E-state index contributed by atoms with van der Waals surface area (Å²) in [7, 11) is 1.56. The highest BCUT2D eigenvalue weighted by molar-refractivity contribution is 9.10. The van der Waals surface area contributed by atoms with E-state index >= 15 is 0 Å². The van der Waals surface area contributed by atoms with E-state index in [2.05, 4.69) is 31.8 Å². The monoisotopic (exact) mass is 553 g/mol. The van der Waals surface area contributed by atoms with Gasteiger partial charge in [0.25, 0.3) is 5.91 Å². The SMILES string of the molecule is CCOc1cc(C=NNC(=O)CCNC(=O)c2ccc(OC)cc2)cc(Br)c1OCc1ccccc1. The average molecular weight is 554 g/mol. The molecule has 0 heterocycles. The van der Waals surface area contributed by atoms with Crippen LogP contribution in [0.2, 0.25) is 0 Å². The van der Waals surface area contributed by atoms with E-state index in [1.165, 1.54) is 6.21 Å². The summed E-state index contributed by atoms with van der Waals surface area (Å²) < 4.78 is 17.5. The van der Waals surface area contributed by atoms with Crippen molar-refractivity contribution in [2.75, 3.05) is 20.3 Å². The molecule has 9 heteroatoms. The Morgan fingerprint density at radius 3 is 2.47 bits per heavy atom. The van der Waals surface area contributed by atoms with E-state index in [-0.39, 0.29) is 24.8 Å². The lowest BCUT2D eigenvalue weighted by atomic mass is 10.2. The Bertz CT molecular complexity index is 1180. The number of amides is 2. The van der Waals surface area contributed by atoms with Gasteiger partial charge in [-0.05, 0) is 70.4 Å². The van der Waals surface area contributed by atoms with Gasteiger partial charge in [-0.25, -0.2) is 5.43 Å². The Morgan fingerprint density at radius 1 is 1.03 bits per heavy atom. The number of halogens is 1. The molecule has 2 N–H and O–H groups in total. The van der Waals surface area contributed by atoms with Crippen LogP contribution < -0.4 is 25.0 Å². The predicted molar refractivity (Wildman–Crippen MR) is 142 cm³/mol. The molecule has 8 nitrogen and oxygen atoms in total. The molecular weight excluding hydrogens is 526 g/mol. The number of nitrogens with zero attached hydrogens (tertiary/aromatic N) is 1. The minimum atomic E-state index is -0.326. The van der Waals surface area contributed by atoms with Crippen LogP contribution >= 0.6 is 15.9 Å². The van der Waals surface area contributed by atoms with Crippen LogP contribution in [0.1, 0.15) is 34.8 Å².